The highest BCUT2D eigenvalue weighted by Crippen LogP contribution is 2.34. The summed E-state index contributed by atoms with van der Waals surface area (Å²) in [5.74, 6) is 1.61. The Labute approximate surface area is 185 Å². The van der Waals surface area contributed by atoms with Crippen molar-refractivity contribution in [1.29, 1.82) is 0 Å². The molecular weight excluding hydrogens is 421 g/mol. The molecule has 1 unspecified atom stereocenters. The number of hydrogen-bond donors (Lipinski definition) is 1. The summed E-state index contributed by atoms with van der Waals surface area (Å²) in [6.07, 6.45) is -0.978. The Hall–Kier alpha value is -3.04. The van der Waals surface area contributed by atoms with Crippen LogP contribution in [0.15, 0.2) is 36.4 Å². The first-order valence-corrected chi connectivity index (χ1v) is 10.9. The summed E-state index contributed by atoms with van der Waals surface area (Å²) < 4.78 is 39.5. The Morgan fingerprint density at radius 3 is 2.31 bits per heavy atom. The molecule has 1 atom stereocenters. The fourth-order valence-corrected chi connectivity index (χ4v) is 4.25. The third-order valence-corrected chi connectivity index (χ3v) is 6.10. The van der Waals surface area contributed by atoms with Crippen LogP contribution < -0.4 is 15.1 Å². The number of anilines is 3. The summed E-state index contributed by atoms with van der Waals surface area (Å²) in [7, 11) is 0. The molecular formula is C22H27F3N6O. The Bertz CT molecular complexity index is 928. The molecule has 1 aromatic carbocycles. The molecule has 7 nitrogen and oxygen atoms in total. The maximum absolute atomic E-state index is 13.2. The summed E-state index contributed by atoms with van der Waals surface area (Å²) in [6, 6.07) is 8.83. The smallest absolute Gasteiger partial charge is 0.352 e. The van der Waals surface area contributed by atoms with Gasteiger partial charge in [0.15, 0.2) is 11.6 Å². The van der Waals surface area contributed by atoms with E-state index in [4.69, 9.17) is 0 Å². The topological polar surface area (TPSA) is 64.6 Å². The van der Waals surface area contributed by atoms with Crippen LogP contribution in [0.4, 0.5) is 35.3 Å². The van der Waals surface area contributed by atoms with E-state index in [-0.39, 0.29) is 5.69 Å². The van der Waals surface area contributed by atoms with E-state index in [0.29, 0.717) is 32.2 Å². The lowest BCUT2D eigenvalue weighted by Gasteiger charge is -2.36. The molecule has 0 aliphatic carbocycles. The molecule has 0 saturated carbocycles. The summed E-state index contributed by atoms with van der Waals surface area (Å²) in [4.78, 5) is 18.4. The van der Waals surface area contributed by atoms with Gasteiger partial charge in [-0.05, 0) is 50.5 Å². The Kier molecular flexibility index (Phi) is 6.38. The number of halogens is 3. The van der Waals surface area contributed by atoms with E-state index in [2.05, 4.69) is 27.3 Å². The quantitative estimate of drug-likeness (QED) is 0.762. The van der Waals surface area contributed by atoms with Crippen LogP contribution in [0.1, 0.15) is 31.7 Å². The van der Waals surface area contributed by atoms with Gasteiger partial charge in [-0.3, -0.25) is 0 Å². The molecule has 0 radical (unpaired) electrons. The van der Waals surface area contributed by atoms with E-state index < -0.39 is 17.8 Å². The number of piperidine rings is 1. The van der Waals surface area contributed by atoms with Crippen LogP contribution in [-0.4, -0.2) is 59.9 Å². The van der Waals surface area contributed by atoms with Crippen molar-refractivity contribution in [3.8, 4) is 0 Å². The van der Waals surface area contributed by atoms with Crippen molar-refractivity contribution in [2.24, 2.45) is 0 Å². The third-order valence-electron chi connectivity index (χ3n) is 6.10. The monoisotopic (exact) mass is 448 g/mol. The first-order chi connectivity index (χ1) is 15.3. The van der Waals surface area contributed by atoms with Crippen LogP contribution in [0.3, 0.4) is 0 Å². The lowest BCUT2D eigenvalue weighted by atomic mass is 10.0. The van der Waals surface area contributed by atoms with Gasteiger partial charge in [-0.2, -0.15) is 13.2 Å². The second kappa shape index (κ2) is 9.22. The van der Waals surface area contributed by atoms with E-state index in [0.717, 1.165) is 37.1 Å². The maximum atomic E-state index is 13.2. The molecule has 172 valence electrons. The molecule has 2 fully saturated rings. The van der Waals surface area contributed by atoms with Gasteiger partial charge in [0.2, 0.25) is 0 Å². The number of nitrogens with zero attached hydrogens (tertiary/aromatic N) is 5. The standard InChI is InChI=1S/C22H27F3N6O/c1-16-6-4-5-11-31(16)20-10-9-19(27-28-20)29-12-14-30(15-13-29)21(32)26-18-8-3-2-7-17(18)22(23,24)25/h2-3,7-10,16H,4-6,11-15H2,1H3,(H,26,32). The minimum atomic E-state index is -4.53. The highest BCUT2D eigenvalue weighted by molar-refractivity contribution is 5.90. The zero-order valence-electron chi connectivity index (χ0n) is 18.0. The maximum Gasteiger partial charge on any atom is 0.418 e. The average molecular weight is 448 g/mol. The molecule has 10 heteroatoms. The number of amides is 2. The number of rotatable bonds is 3. The van der Waals surface area contributed by atoms with Crippen LogP contribution in [-0.2, 0) is 6.18 Å². The van der Waals surface area contributed by atoms with Gasteiger partial charge in [-0.25, -0.2) is 4.79 Å². The van der Waals surface area contributed by atoms with Gasteiger partial charge in [-0.15, -0.1) is 10.2 Å². The van der Waals surface area contributed by atoms with Crippen LogP contribution in [0, 0.1) is 0 Å². The molecule has 2 saturated heterocycles. The van der Waals surface area contributed by atoms with Crippen molar-refractivity contribution in [1.82, 2.24) is 15.1 Å². The highest BCUT2D eigenvalue weighted by Gasteiger charge is 2.34. The zero-order valence-corrected chi connectivity index (χ0v) is 18.0. The van der Waals surface area contributed by atoms with Crippen molar-refractivity contribution < 1.29 is 18.0 Å². The number of alkyl halides is 3. The molecule has 4 rings (SSSR count). The Morgan fingerprint density at radius 1 is 0.969 bits per heavy atom. The summed E-state index contributed by atoms with van der Waals surface area (Å²) in [5, 5.41) is 11.2. The molecule has 2 amide bonds. The molecule has 2 aliphatic rings. The van der Waals surface area contributed by atoms with Gasteiger partial charge < -0.3 is 20.0 Å². The van der Waals surface area contributed by atoms with Crippen molar-refractivity contribution in [2.75, 3.05) is 47.8 Å². The van der Waals surface area contributed by atoms with E-state index >= 15 is 0 Å². The first-order valence-electron chi connectivity index (χ1n) is 10.9. The normalized spacial score (nSPS) is 19.8. The highest BCUT2D eigenvalue weighted by atomic mass is 19.4. The van der Waals surface area contributed by atoms with Crippen molar-refractivity contribution >= 4 is 23.4 Å². The van der Waals surface area contributed by atoms with Crippen LogP contribution in [0.5, 0.6) is 0 Å². The lowest BCUT2D eigenvalue weighted by molar-refractivity contribution is -0.136. The second-order valence-corrected chi connectivity index (χ2v) is 8.24. The fraction of sp³-hybridized carbons (Fsp3) is 0.500. The van der Waals surface area contributed by atoms with Crippen molar-refractivity contribution in [3.05, 3.63) is 42.0 Å². The molecule has 1 aromatic heterocycles. The number of carbonyl (C=O) groups is 1. The number of hydrogen-bond acceptors (Lipinski definition) is 5. The molecule has 0 bridgehead atoms. The Morgan fingerprint density at radius 2 is 1.66 bits per heavy atom. The Balaban J connectivity index is 1.34. The van der Waals surface area contributed by atoms with Gasteiger partial charge in [-0.1, -0.05) is 12.1 Å². The average Bonchev–Trinajstić information content (AvgIpc) is 2.79. The second-order valence-electron chi connectivity index (χ2n) is 8.24. The van der Waals surface area contributed by atoms with E-state index in [1.807, 2.05) is 17.0 Å². The first kappa shape index (κ1) is 22.2. The minimum Gasteiger partial charge on any atom is -0.352 e. The summed E-state index contributed by atoms with van der Waals surface area (Å²) in [5.41, 5.74) is -1.09. The van der Waals surface area contributed by atoms with Crippen LogP contribution in [0.25, 0.3) is 0 Å². The minimum absolute atomic E-state index is 0.235. The number of carbonyl (C=O) groups excluding carboxylic acids is 1. The molecule has 2 aliphatic heterocycles. The number of nitrogens with one attached hydrogen (secondary N) is 1. The summed E-state index contributed by atoms with van der Waals surface area (Å²) in [6.45, 7) is 5.01. The molecule has 1 N–H and O–H groups in total. The van der Waals surface area contributed by atoms with E-state index in [1.165, 1.54) is 29.5 Å². The third kappa shape index (κ3) is 4.89. The number of aromatic nitrogens is 2. The summed E-state index contributed by atoms with van der Waals surface area (Å²) >= 11 is 0. The molecule has 3 heterocycles. The van der Waals surface area contributed by atoms with Gasteiger partial charge in [0.25, 0.3) is 0 Å². The molecule has 2 aromatic rings. The molecule has 32 heavy (non-hydrogen) atoms. The number of piperazine rings is 1. The predicted molar refractivity (Wildman–Crippen MR) is 117 cm³/mol. The van der Waals surface area contributed by atoms with Crippen LogP contribution >= 0.6 is 0 Å². The lowest BCUT2D eigenvalue weighted by Crippen LogP contribution is -2.50. The fourth-order valence-electron chi connectivity index (χ4n) is 4.25. The van der Waals surface area contributed by atoms with Gasteiger partial charge >= 0.3 is 12.2 Å². The largest absolute Gasteiger partial charge is 0.418 e. The zero-order chi connectivity index (χ0) is 22.7. The van der Waals surface area contributed by atoms with Gasteiger partial charge in [0.05, 0.1) is 11.3 Å². The molecule has 0 spiro atoms. The van der Waals surface area contributed by atoms with Crippen molar-refractivity contribution in [2.45, 2.75) is 38.4 Å². The van der Waals surface area contributed by atoms with Gasteiger partial charge in [0, 0.05) is 38.8 Å². The number of urea groups is 1. The van der Waals surface area contributed by atoms with E-state index in [9.17, 15) is 18.0 Å². The van der Waals surface area contributed by atoms with E-state index in [1.54, 1.807) is 0 Å². The number of para-hydroxylation sites is 1. The number of benzene rings is 1. The SMILES string of the molecule is CC1CCCCN1c1ccc(N2CCN(C(=O)Nc3ccccc3C(F)(F)F)CC2)nn1. The van der Waals surface area contributed by atoms with Gasteiger partial charge in [0.1, 0.15) is 0 Å². The predicted octanol–water partition coefficient (Wildman–Crippen LogP) is 4.23. The van der Waals surface area contributed by atoms with Crippen LogP contribution in [0.2, 0.25) is 0 Å². The van der Waals surface area contributed by atoms with Crippen molar-refractivity contribution in [3.63, 3.8) is 0 Å².